The van der Waals surface area contributed by atoms with Crippen LogP contribution in [0.1, 0.15) is 51.0 Å². The second kappa shape index (κ2) is 9.46. The van der Waals surface area contributed by atoms with Gasteiger partial charge in [-0.2, -0.15) is 11.8 Å². The molecule has 112 valence electrons. The lowest BCUT2D eigenvalue weighted by atomic mass is 9.99. The molecule has 0 aliphatic carbocycles. The summed E-state index contributed by atoms with van der Waals surface area (Å²) in [5, 5.41) is 4.66. The van der Waals surface area contributed by atoms with Gasteiger partial charge in [-0.3, -0.25) is 0 Å². The third-order valence-electron chi connectivity index (χ3n) is 4.14. The zero-order valence-electron chi connectivity index (χ0n) is 12.8. The van der Waals surface area contributed by atoms with Gasteiger partial charge in [0.15, 0.2) is 0 Å². The van der Waals surface area contributed by atoms with Gasteiger partial charge in [0, 0.05) is 11.3 Å². The highest BCUT2D eigenvalue weighted by Crippen LogP contribution is 2.29. The first-order valence-corrected chi connectivity index (χ1v) is 9.34. The lowest BCUT2D eigenvalue weighted by Crippen LogP contribution is -2.39. The smallest absolute Gasteiger partial charge is 0.0201 e. The molecule has 1 aromatic carbocycles. The molecule has 20 heavy (non-hydrogen) atoms. The summed E-state index contributed by atoms with van der Waals surface area (Å²) in [4.78, 5) is 0. The molecule has 0 spiro atoms. The summed E-state index contributed by atoms with van der Waals surface area (Å²) in [7, 11) is 0. The highest BCUT2D eigenvalue weighted by molar-refractivity contribution is 8.00. The highest BCUT2D eigenvalue weighted by Gasteiger charge is 2.23. The van der Waals surface area contributed by atoms with Crippen molar-refractivity contribution in [3.8, 4) is 0 Å². The Balaban J connectivity index is 1.77. The first-order chi connectivity index (χ1) is 9.90. The minimum Gasteiger partial charge on any atom is -0.313 e. The Morgan fingerprint density at radius 1 is 1.25 bits per heavy atom. The molecule has 0 bridgehead atoms. The van der Waals surface area contributed by atoms with E-state index >= 15 is 0 Å². The predicted octanol–water partition coefficient (Wildman–Crippen LogP) is 4.66. The van der Waals surface area contributed by atoms with Gasteiger partial charge in [0.2, 0.25) is 0 Å². The molecule has 1 heterocycles. The summed E-state index contributed by atoms with van der Waals surface area (Å²) < 4.78 is 0. The van der Waals surface area contributed by atoms with Gasteiger partial charge in [-0.05, 0) is 56.4 Å². The number of aryl methyl sites for hydroxylation is 1. The van der Waals surface area contributed by atoms with Crippen molar-refractivity contribution in [3.05, 3.63) is 35.9 Å². The quantitative estimate of drug-likeness (QED) is 0.747. The molecule has 0 radical (unpaired) electrons. The minimum absolute atomic E-state index is 0.726. The Kier molecular flexibility index (Phi) is 7.53. The Hall–Kier alpha value is -0.470. The number of thioether (sulfide) groups is 1. The van der Waals surface area contributed by atoms with Crippen molar-refractivity contribution in [2.75, 3.05) is 12.3 Å². The first kappa shape index (κ1) is 15.9. The fourth-order valence-corrected chi connectivity index (χ4v) is 4.47. The van der Waals surface area contributed by atoms with E-state index in [-0.39, 0.29) is 0 Å². The lowest BCUT2D eigenvalue weighted by Gasteiger charge is -2.30. The van der Waals surface area contributed by atoms with Crippen LogP contribution in [-0.2, 0) is 6.42 Å². The van der Waals surface area contributed by atoms with E-state index in [0.29, 0.717) is 0 Å². The molecular weight excluding hydrogens is 262 g/mol. The van der Waals surface area contributed by atoms with Crippen LogP contribution in [0, 0.1) is 0 Å². The molecule has 1 nitrogen and oxygen atoms in total. The van der Waals surface area contributed by atoms with Gasteiger partial charge in [-0.15, -0.1) is 0 Å². The van der Waals surface area contributed by atoms with Crippen LogP contribution in [0.2, 0.25) is 0 Å². The fraction of sp³-hybridized carbons (Fsp3) is 0.667. The van der Waals surface area contributed by atoms with Crippen LogP contribution in [0.4, 0.5) is 0 Å². The molecule has 0 amide bonds. The third kappa shape index (κ3) is 5.49. The molecule has 1 aliphatic heterocycles. The van der Waals surface area contributed by atoms with Crippen LogP contribution in [-0.4, -0.2) is 23.6 Å². The summed E-state index contributed by atoms with van der Waals surface area (Å²) in [6.45, 7) is 3.44. The average Bonchev–Trinajstić information content (AvgIpc) is 2.52. The van der Waals surface area contributed by atoms with Crippen molar-refractivity contribution in [1.29, 1.82) is 0 Å². The van der Waals surface area contributed by atoms with E-state index in [1.165, 1.54) is 62.8 Å². The summed E-state index contributed by atoms with van der Waals surface area (Å²) >= 11 is 2.21. The Morgan fingerprint density at radius 2 is 2.10 bits per heavy atom. The molecule has 2 atom stereocenters. The number of benzene rings is 1. The lowest BCUT2D eigenvalue weighted by molar-refractivity contribution is 0.430. The number of hydrogen-bond acceptors (Lipinski definition) is 2. The Bertz CT molecular complexity index is 346. The van der Waals surface area contributed by atoms with E-state index in [1.807, 2.05) is 0 Å². The standard InChI is InChI=1S/C18H29NS/c1-2-14-19-17(18-13-6-7-15-20-18)12-8-11-16-9-4-3-5-10-16/h3-5,9-10,17-19H,2,6-8,11-15H2,1H3. The summed E-state index contributed by atoms with van der Waals surface area (Å²) in [6, 6.07) is 11.6. The second-order valence-corrected chi connectivity index (χ2v) is 7.19. The van der Waals surface area contributed by atoms with Gasteiger partial charge in [-0.25, -0.2) is 0 Å². The van der Waals surface area contributed by atoms with Crippen molar-refractivity contribution in [1.82, 2.24) is 5.32 Å². The summed E-state index contributed by atoms with van der Waals surface area (Å²) in [5.41, 5.74) is 1.48. The van der Waals surface area contributed by atoms with E-state index in [1.54, 1.807) is 0 Å². The largest absolute Gasteiger partial charge is 0.313 e. The third-order valence-corrected chi connectivity index (χ3v) is 5.66. The van der Waals surface area contributed by atoms with Crippen molar-refractivity contribution in [2.24, 2.45) is 0 Å². The first-order valence-electron chi connectivity index (χ1n) is 8.29. The van der Waals surface area contributed by atoms with Crippen LogP contribution in [0.25, 0.3) is 0 Å². The van der Waals surface area contributed by atoms with E-state index in [2.05, 4.69) is 54.3 Å². The molecular formula is C18H29NS. The van der Waals surface area contributed by atoms with E-state index < -0.39 is 0 Å². The number of hydrogen-bond donors (Lipinski definition) is 1. The van der Waals surface area contributed by atoms with Gasteiger partial charge in [0.1, 0.15) is 0 Å². The normalized spacial score (nSPS) is 20.8. The van der Waals surface area contributed by atoms with Crippen molar-refractivity contribution in [2.45, 2.75) is 63.2 Å². The van der Waals surface area contributed by atoms with E-state index in [0.717, 1.165) is 11.3 Å². The van der Waals surface area contributed by atoms with Crippen molar-refractivity contribution >= 4 is 11.8 Å². The molecule has 1 aromatic rings. The molecule has 2 unspecified atom stereocenters. The van der Waals surface area contributed by atoms with Crippen LogP contribution in [0.3, 0.4) is 0 Å². The zero-order valence-corrected chi connectivity index (χ0v) is 13.6. The van der Waals surface area contributed by atoms with E-state index in [4.69, 9.17) is 0 Å². The predicted molar refractivity (Wildman–Crippen MR) is 91.6 cm³/mol. The highest BCUT2D eigenvalue weighted by atomic mass is 32.2. The molecule has 1 fully saturated rings. The van der Waals surface area contributed by atoms with Gasteiger partial charge >= 0.3 is 0 Å². The van der Waals surface area contributed by atoms with Gasteiger partial charge in [0.05, 0.1) is 0 Å². The van der Waals surface area contributed by atoms with Crippen LogP contribution < -0.4 is 5.32 Å². The van der Waals surface area contributed by atoms with Crippen LogP contribution in [0.15, 0.2) is 30.3 Å². The summed E-state index contributed by atoms with van der Waals surface area (Å²) in [6.07, 6.45) is 9.37. The van der Waals surface area contributed by atoms with Gasteiger partial charge < -0.3 is 5.32 Å². The maximum absolute atomic E-state index is 3.80. The molecule has 1 aliphatic rings. The molecule has 2 heteroatoms. The SMILES string of the molecule is CCCNC(CCCc1ccccc1)C1CCCCS1. The fourth-order valence-electron chi connectivity index (χ4n) is 3.00. The van der Waals surface area contributed by atoms with Crippen molar-refractivity contribution in [3.63, 3.8) is 0 Å². The molecule has 1 N–H and O–H groups in total. The monoisotopic (exact) mass is 291 g/mol. The zero-order chi connectivity index (χ0) is 14.0. The molecule has 2 rings (SSSR count). The maximum atomic E-state index is 3.80. The molecule has 1 saturated heterocycles. The Morgan fingerprint density at radius 3 is 2.80 bits per heavy atom. The minimum atomic E-state index is 0.726. The molecule has 0 saturated carbocycles. The van der Waals surface area contributed by atoms with Crippen LogP contribution >= 0.6 is 11.8 Å². The van der Waals surface area contributed by atoms with E-state index in [9.17, 15) is 0 Å². The molecule has 0 aromatic heterocycles. The number of nitrogens with one attached hydrogen (secondary N) is 1. The van der Waals surface area contributed by atoms with Crippen LogP contribution in [0.5, 0.6) is 0 Å². The maximum Gasteiger partial charge on any atom is 0.0201 e. The Labute approximate surface area is 128 Å². The van der Waals surface area contributed by atoms with Gasteiger partial charge in [-0.1, -0.05) is 43.7 Å². The number of rotatable bonds is 8. The topological polar surface area (TPSA) is 12.0 Å². The summed E-state index contributed by atoms with van der Waals surface area (Å²) in [5.74, 6) is 1.37. The second-order valence-electron chi connectivity index (χ2n) is 5.84. The van der Waals surface area contributed by atoms with Gasteiger partial charge in [0.25, 0.3) is 0 Å². The average molecular weight is 292 g/mol. The van der Waals surface area contributed by atoms with Crippen molar-refractivity contribution < 1.29 is 0 Å².